The maximum Gasteiger partial charge on any atom is 0.0794 e. The quantitative estimate of drug-likeness (QED) is 0.762. The minimum atomic E-state index is 0.659. The third kappa shape index (κ3) is 2.93. The molecule has 3 heterocycles. The van der Waals surface area contributed by atoms with E-state index in [1.165, 1.54) is 53.7 Å². The number of likely N-dealkylation sites (tertiary alicyclic amines) is 1. The molecular formula is C19H23N3S. The van der Waals surface area contributed by atoms with Gasteiger partial charge in [-0.15, -0.1) is 11.3 Å². The van der Waals surface area contributed by atoms with Gasteiger partial charge in [-0.1, -0.05) is 25.1 Å². The molecule has 2 aromatic heterocycles. The van der Waals surface area contributed by atoms with Gasteiger partial charge in [0.05, 0.1) is 11.2 Å². The number of nitrogens with one attached hydrogen (secondary N) is 1. The maximum absolute atomic E-state index is 4.50. The first-order chi connectivity index (χ1) is 11.3. The number of aryl methyl sites for hydroxylation is 1. The summed E-state index contributed by atoms with van der Waals surface area (Å²) in [5.74, 6) is 0.659. The number of thiazole rings is 1. The zero-order chi connectivity index (χ0) is 15.6. The van der Waals surface area contributed by atoms with Crippen LogP contribution in [0.15, 0.2) is 35.3 Å². The Hall–Kier alpha value is -1.65. The van der Waals surface area contributed by atoms with E-state index in [2.05, 4.69) is 51.6 Å². The van der Waals surface area contributed by atoms with Crippen molar-refractivity contribution in [2.75, 3.05) is 13.1 Å². The van der Waals surface area contributed by atoms with Crippen molar-refractivity contribution in [2.24, 2.45) is 0 Å². The summed E-state index contributed by atoms with van der Waals surface area (Å²) in [7, 11) is 0. The van der Waals surface area contributed by atoms with Crippen LogP contribution in [0, 0.1) is 0 Å². The number of fused-ring (bicyclic) bond motifs is 1. The maximum atomic E-state index is 4.50. The van der Waals surface area contributed by atoms with Crippen LogP contribution in [-0.2, 0) is 13.0 Å². The molecule has 120 valence electrons. The average molecular weight is 325 g/mol. The van der Waals surface area contributed by atoms with E-state index in [9.17, 15) is 0 Å². The van der Waals surface area contributed by atoms with Gasteiger partial charge < -0.3 is 4.98 Å². The van der Waals surface area contributed by atoms with Crippen molar-refractivity contribution in [3.63, 3.8) is 0 Å². The zero-order valence-electron chi connectivity index (χ0n) is 13.6. The second kappa shape index (κ2) is 6.46. The lowest BCUT2D eigenvalue weighted by molar-refractivity contribution is 0.204. The van der Waals surface area contributed by atoms with Crippen LogP contribution in [0.25, 0.3) is 10.9 Å². The topological polar surface area (TPSA) is 31.9 Å². The van der Waals surface area contributed by atoms with Crippen LogP contribution in [0.4, 0.5) is 0 Å². The molecule has 23 heavy (non-hydrogen) atoms. The molecule has 3 nitrogen and oxygen atoms in total. The Bertz CT molecular complexity index is 767. The first kappa shape index (κ1) is 14.9. The summed E-state index contributed by atoms with van der Waals surface area (Å²) >= 11 is 1.71. The van der Waals surface area contributed by atoms with Crippen molar-refractivity contribution in [1.29, 1.82) is 0 Å². The van der Waals surface area contributed by atoms with Crippen molar-refractivity contribution in [3.05, 3.63) is 52.1 Å². The standard InChI is InChI=1S/C19H23N3S/c1-2-14-4-3-5-17-16(10-20-19(14)17)11-22-8-6-15(7-9-22)18-12-23-13-21-18/h3-5,10,12-13,15,20H,2,6-9,11H2,1H3. The van der Waals surface area contributed by atoms with Crippen molar-refractivity contribution in [2.45, 2.75) is 38.6 Å². The van der Waals surface area contributed by atoms with Gasteiger partial charge in [0.1, 0.15) is 0 Å². The van der Waals surface area contributed by atoms with E-state index in [-0.39, 0.29) is 0 Å². The smallest absolute Gasteiger partial charge is 0.0794 e. The molecule has 0 amide bonds. The highest BCUT2D eigenvalue weighted by atomic mass is 32.1. The van der Waals surface area contributed by atoms with Gasteiger partial charge in [-0.2, -0.15) is 0 Å². The summed E-state index contributed by atoms with van der Waals surface area (Å²) in [5.41, 5.74) is 7.42. The predicted octanol–water partition coefficient (Wildman–Crippen LogP) is 4.57. The van der Waals surface area contributed by atoms with Gasteiger partial charge in [-0.25, -0.2) is 4.98 Å². The van der Waals surface area contributed by atoms with E-state index in [4.69, 9.17) is 0 Å². The molecule has 3 aromatic rings. The monoisotopic (exact) mass is 325 g/mol. The molecule has 0 spiro atoms. The summed E-state index contributed by atoms with van der Waals surface area (Å²) in [6.45, 7) is 5.61. The van der Waals surface area contributed by atoms with E-state index >= 15 is 0 Å². The number of aromatic amines is 1. The summed E-state index contributed by atoms with van der Waals surface area (Å²) in [5, 5.41) is 3.61. The lowest BCUT2D eigenvalue weighted by atomic mass is 9.94. The van der Waals surface area contributed by atoms with Crippen LogP contribution in [0.5, 0.6) is 0 Å². The van der Waals surface area contributed by atoms with E-state index in [1.807, 2.05) is 5.51 Å². The highest BCUT2D eigenvalue weighted by molar-refractivity contribution is 7.07. The molecule has 0 unspecified atom stereocenters. The van der Waals surface area contributed by atoms with Crippen LogP contribution in [0.2, 0.25) is 0 Å². The number of rotatable bonds is 4. The Labute approximate surface area is 141 Å². The van der Waals surface area contributed by atoms with E-state index < -0.39 is 0 Å². The average Bonchev–Trinajstić information content (AvgIpc) is 3.26. The normalized spacial score (nSPS) is 17.1. The second-order valence-electron chi connectivity index (χ2n) is 6.47. The summed E-state index contributed by atoms with van der Waals surface area (Å²) in [6.07, 6.45) is 5.74. The lowest BCUT2D eigenvalue weighted by Crippen LogP contribution is -2.32. The summed E-state index contributed by atoms with van der Waals surface area (Å²) < 4.78 is 0. The lowest BCUT2D eigenvalue weighted by Gasteiger charge is -2.31. The minimum Gasteiger partial charge on any atom is -0.361 e. The molecule has 1 aromatic carbocycles. The molecule has 0 aliphatic carbocycles. The number of H-pyrrole nitrogens is 1. The number of hydrogen-bond donors (Lipinski definition) is 1. The molecule has 0 saturated carbocycles. The van der Waals surface area contributed by atoms with Gasteiger partial charge in [0, 0.05) is 34.9 Å². The Morgan fingerprint density at radius 2 is 2.13 bits per heavy atom. The Morgan fingerprint density at radius 3 is 2.87 bits per heavy atom. The predicted molar refractivity (Wildman–Crippen MR) is 97.0 cm³/mol. The highest BCUT2D eigenvalue weighted by Gasteiger charge is 2.22. The van der Waals surface area contributed by atoms with Gasteiger partial charge in [0.25, 0.3) is 0 Å². The second-order valence-corrected chi connectivity index (χ2v) is 7.19. The van der Waals surface area contributed by atoms with Crippen molar-refractivity contribution in [1.82, 2.24) is 14.9 Å². The number of para-hydroxylation sites is 1. The molecule has 0 radical (unpaired) electrons. The van der Waals surface area contributed by atoms with E-state index in [0.29, 0.717) is 5.92 Å². The third-order valence-electron chi connectivity index (χ3n) is 5.12. The van der Waals surface area contributed by atoms with Gasteiger partial charge in [-0.3, -0.25) is 4.90 Å². The Balaban J connectivity index is 1.45. The number of hydrogen-bond acceptors (Lipinski definition) is 3. The molecule has 0 bridgehead atoms. The molecule has 1 aliphatic rings. The first-order valence-electron chi connectivity index (χ1n) is 8.53. The van der Waals surface area contributed by atoms with E-state index in [0.717, 1.165) is 13.0 Å². The van der Waals surface area contributed by atoms with Crippen molar-refractivity contribution >= 4 is 22.2 Å². The van der Waals surface area contributed by atoms with Crippen LogP contribution in [-0.4, -0.2) is 28.0 Å². The number of nitrogens with zero attached hydrogens (tertiary/aromatic N) is 2. The third-order valence-corrected chi connectivity index (χ3v) is 5.72. The molecule has 1 saturated heterocycles. The number of piperidine rings is 1. The molecule has 4 rings (SSSR count). The molecule has 4 heteroatoms. The largest absolute Gasteiger partial charge is 0.361 e. The van der Waals surface area contributed by atoms with E-state index in [1.54, 1.807) is 11.3 Å². The van der Waals surface area contributed by atoms with Crippen molar-refractivity contribution < 1.29 is 0 Å². The highest BCUT2D eigenvalue weighted by Crippen LogP contribution is 2.29. The first-order valence-corrected chi connectivity index (χ1v) is 9.47. The molecule has 1 aliphatic heterocycles. The van der Waals surface area contributed by atoms with Gasteiger partial charge >= 0.3 is 0 Å². The Morgan fingerprint density at radius 1 is 1.26 bits per heavy atom. The van der Waals surface area contributed by atoms with Crippen LogP contribution in [0.1, 0.15) is 42.5 Å². The van der Waals surface area contributed by atoms with Gasteiger partial charge in [0.15, 0.2) is 0 Å². The van der Waals surface area contributed by atoms with Crippen LogP contribution < -0.4 is 0 Å². The SMILES string of the molecule is CCc1cccc2c(CN3CCC(c4cscn4)CC3)c[nH]c12. The number of benzene rings is 1. The fourth-order valence-electron chi connectivity index (χ4n) is 3.75. The van der Waals surface area contributed by atoms with Crippen molar-refractivity contribution in [3.8, 4) is 0 Å². The molecule has 1 fully saturated rings. The molecule has 1 N–H and O–H groups in total. The fourth-order valence-corrected chi connectivity index (χ4v) is 4.39. The zero-order valence-corrected chi connectivity index (χ0v) is 14.4. The summed E-state index contributed by atoms with van der Waals surface area (Å²) in [4.78, 5) is 10.6. The van der Waals surface area contributed by atoms with Gasteiger partial charge in [0.2, 0.25) is 0 Å². The molecule has 0 atom stereocenters. The fraction of sp³-hybridized carbons (Fsp3) is 0.421. The number of aromatic nitrogens is 2. The van der Waals surface area contributed by atoms with Gasteiger partial charge in [-0.05, 0) is 43.5 Å². The van der Waals surface area contributed by atoms with Crippen LogP contribution >= 0.6 is 11.3 Å². The minimum absolute atomic E-state index is 0.659. The molecular weight excluding hydrogens is 302 g/mol. The summed E-state index contributed by atoms with van der Waals surface area (Å²) in [6, 6.07) is 6.66. The Kier molecular flexibility index (Phi) is 4.19. The van der Waals surface area contributed by atoms with Crippen LogP contribution in [0.3, 0.4) is 0 Å².